The van der Waals surface area contributed by atoms with Crippen molar-refractivity contribution in [3.05, 3.63) is 75.8 Å². The molecule has 0 spiro atoms. The number of nitrogens with zero attached hydrogens (tertiary/aromatic N) is 3. The normalized spacial score (nSPS) is 14.6. The van der Waals surface area contributed by atoms with E-state index in [0.29, 0.717) is 31.7 Å². The van der Waals surface area contributed by atoms with Gasteiger partial charge in [-0.1, -0.05) is 48.5 Å². The Labute approximate surface area is 170 Å². The van der Waals surface area contributed by atoms with E-state index in [2.05, 4.69) is 0 Å². The maximum Gasteiger partial charge on any atom is 0.273 e. The van der Waals surface area contributed by atoms with E-state index < -0.39 is 10.3 Å². The molecule has 3 rings (SSSR count). The van der Waals surface area contributed by atoms with Gasteiger partial charge in [0.25, 0.3) is 5.69 Å². The minimum atomic E-state index is -0.641. The van der Waals surface area contributed by atoms with Gasteiger partial charge in [-0.3, -0.25) is 19.7 Å². The van der Waals surface area contributed by atoms with Gasteiger partial charge in [0.2, 0.25) is 11.8 Å². The van der Waals surface area contributed by atoms with Crippen molar-refractivity contribution in [3.63, 3.8) is 0 Å². The zero-order valence-corrected chi connectivity index (χ0v) is 16.7. The average molecular weight is 395 g/mol. The number of hydrogen-bond donors (Lipinski definition) is 0. The second-order valence-corrected chi connectivity index (χ2v) is 7.73. The van der Waals surface area contributed by atoms with Crippen LogP contribution in [0.3, 0.4) is 0 Å². The lowest BCUT2D eigenvalue weighted by Crippen LogP contribution is -2.54. The molecule has 152 valence electrons. The second-order valence-electron chi connectivity index (χ2n) is 7.73. The van der Waals surface area contributed by atoms with Crippen LogP contribution in [0.4, 0.5) is 5.69 Å². The highest BCUT2D eigenvalue weighted by atomic mass is 16.6. The molecule has 7 heteroatoms. The number of carbonyl (C=O) groups is 2. The van der Waals surface area contributed by atoms with Gasteiger partial charge in [0.15, 0.2) is 0 Å². The molecule has 0 saturated carbocycles. The quantitative estimate of drug-likeness (QED) is 0.576. The van der Waals surface area contributed by atoms with Gasteiger partial charge in [0, 0.05) is 37.8 Å². The Balaban J connectivity index is 1.61. The van der Waals surface area contributed by atoms with E-state index in [1.165, 1.54) is 6.07 Å². The van der Waals surface area contributed by atoms with E-state index in [-0.39, 0.29) is 23.9 Å². The number of amides is 2. The van der Waals surface area contributed by atoms with Crippen LogP contribution in [0.5, 0.6) is 0 Å². The number of nitro benzene ring substituents is 1. The van der Waals surface area contributed by atoms with E-state index in [1.807, 2.05) is 44.2 Å². The number of benzene rings is 2. The van der Waals surface area contributed by atoms with Crippen molar-refractivity contribution in [3.8, 4) is 0 Å². The number of nitro groups is 1. The fourth-order valence-corrected chi connectivity index (χ4v) is 3.65. The molecule has 0 unspecified atom stereocenters. The summed E-state index contributed by atoms with van der Waals surface area (Å²) in [5, 5.41) is 11.1. The largest absolute Gasteiger partial charge is 0.339 e. The summed E-state index contributed by atoms with van der Waals surface area (Å²) >= 11 is 0. The highest BCUT2D eigenvalue weighted by Gasteiger charge is 2.35. The Morgan fingerprint density at radius 1 is 0.931 bits per heavy atom. The minimum Gasteiger partial charge on any atom is -0.339 e. The summed E-state index contributed by atoms with van der Waals surface area (Å²) in [6.07, 6.45) is -0.0133. The maximum absolute atomic E-state index is 13.1. The van der Waals surface area contributed by atoms with Crippen molar-refractivity contribution >= 4 is 17.5 Å². The minimum absolute atomic E-state index is 0.0133. The van der Waals surface area contributed by atoms with Crippen molar-refractivity contribution in [2.24, 2.45) is 0 Å². The lowest BCUT2D eigenvalue weighted by molar-refractivity contribution is -0.385. The van der Waals surface area contributed by atoms with E-state index in [0.717, 1.165) is 5.56 Å². The fraction of sp³-hybridized carbons (Fsp3) is 0.364. The van der Waals surface area contributed by atoms with Crippen molar-refractivity contribution in [1.29, 1.82) is 0 Å². The molecule has 1 heterocycles. The lowest BCUT2D eigenvalue weighted by atomic mass is 9.83. The number of hydrogen-bond acceptors (Lipinski definition) is 4. The summed E-state index contributed by atoms with van der Waals surface area (Å²) < 4.78 is 0. The predicted octanol–water partition coefficient (Wildman–Crippen LogP) is 2.79. The predicted molar refractivity (Wildman–Crippen MR) is 109 cm³/mol. The first-order valence-electron chi connectivity index (χ1n) is 9.65. The number of para-hydroxylation sites is 1. The molecule has 2 amide bonds. The summed E-state index contributed by atoms with van der Waals surface area (Å²) in [6.45, 7) is 5.59. The third kappa shape index (κ3) is 4.45. The molecule has 0 bridgehead atoms. The van der Waals surface area contributed by atoms with Crippen molar-refractivity contribution in [1.82, 2.24) is 9.80 Å². The summed E-state index contributed by atoms with van der Waals surface area (Å²) in [4.78, 5) is 39.8. The van der Waals surface area contributed by atoms with Crippen LogP contribution in [-0.4, -0.2) is 52.7 Å². The third-order valence-electron chi connectivity index (χ3n) is 5.48. The molecule has 0 aliphatic carbocycles. The Morgan fingerprint density at radius 3 is 2.10 bits per heavy atom. The fourth-order valence-electron chi connectivity index (χ4n) is 3.65. The highest BCUT2D eigenvalue weighted by molar-refractivity contribution is 5.88. The van der Waals surface area contributed by atoms with Crippen LogP contribution < -0.4 is 0 Å². The lowest BCUT2D eigenvalue weighted by Gasteiger charge is -2.38. The number of piperazine rings is 1. The van der Waals surface area contributed by atoms with Crippen LogP contribution in [0.15, 0.2) is 54.6 Å². The van der Waals surface area contributed by atoms with Gasteiger partial charge in [-0.25, -0.2) is 0 Å². The molecular weight excluding hydrogens is 370 g/mol. The van der Waals surface area contributed by atoms with Gasteiger partial charge < -0.3 is 9.80 Å². The first-order chi connectivity index (χ1) is 13.8. The summed E-state index contributed by atoms with van der Waals surface area (Å²) in [5.74, 6) is -0.122. The zero-order valence-electron chi connectivity index (χ0n) is 16.7. The molecule has 1 saturated heterocycles. The summed E-state index contributed by atoms with van der Waals surface area (Å²) in [6, 6.07) is 16.0. The molecule has 0 aromatic heterocycles. The molecule has 0 radical (unpaired) electrons. The molecule has 1 fully saturated rings. The second kappa shape index (κ2) is 8.43. The highest BCUT2D eigenvalue weighted by Crippen LogP contribution is 2.26. The molecule has 0 atom stereocenters. The molecule has 29 heavy (non-hydrogen) atoms. The standard InChI is InChI=1S/C22H25N3O4/c1-22(2,18-9-4-3-5-10-18)21(27)24-14-12-23(13-15-24)20(26)16-17-8-6-7-11-19(17)25(28)29/h3-11H,12-16H2,1-2H3. The van der Waals surface area contributed by atoms with Crippen LogP contribution >= 0.6 is 0 Å². The third-order valence-corrected chi connectivity index (χ3v) is 5.48. The van der Waals surface area contributed by atoms with Crippen molar-refractivity contribution < 1.29 is 14.5 Å². The first-order valence-corrected chi connectivity index (χ1v) is 9.65. The van der Waals surface area contributed by atoms with E-state index in [4.69, 9.17) is 0 Å². The van der Waals surface area contributed by atoms with E-state index in [9.17, 15) is 19.7 Å². The van der Waals surface area contributed by atoms with Gasteiger partial charge >= 0.3 is 0 Å². The molecule has 2 aromatic rings. The Kier molecular flexibility index (Phi) is 5.96. The molecule has 1 aliphatic heterocycles. The van der Waals surface area contributed by atoms with Gasteiger partial charge in [-0.05, 0) is 19.4 Å². The van der Waals surface area contributed by atoms with Crippen LogP contribution in [0.25, 0.3) is 0 Å². The summed E-state index contributed by atoms with van der Waals surface area (Å²) in [5.41, 5.74) is 0.684. The van der Waals surface area contributed by atoms with Gasteiger partial charge in [-0.15, -0.1) is 0 Å². The molecule has 1 aliphatic rings. The topological polar surface area (TPSA) is 83.8 Å². The smallest absolute Gasteiger partial charge is 0.273 e. The van der Waals surface area contributed by atoms with Crippen LogP contribution in [0.2, 0.25) is 0 Å². The van der Waals surface area contributed by atoms with Gasteiger partial charge in [0.1, 0.15) is 0 Å². The maximum atomic E-state index is 13.1. The zero-order chi connectivity index (χ0) is 21.0. The average Bonchev–Trinajstić information content (AvgIpc) is 2.74. The monoisotopic (exact) mass is 395 g/mol. The van der Waals surface area contributed by atoms with Crippen LogP contribution in [-0.2, 0) is 21.4 Å². The van der Waals surface area contributed by atoms with E-state index in [1.54, 1.807) is 28.0 Å². The summed E-state index contributed by atoms with van der Waals surface area (Å²) in [7, 11) is 0. The van der Waals surface area contributed by atoms with Crippen molar-refractivity contribution in [2.75, 3.05) is 26.2 Å². The van der Waals surface area contributed by atoms with Crippen LogP contribution in [0, 0.1) is 10.1 Å². The van der Waals surface area contributed by atoms with E-state index >= 15 is 0 Å². The molecule has 2 aromatic carbocycles. The Hall–Kier alpha value is -3.22. The molecule has 7 nitrogen and oxygen atoms in total. The number of carbonyl (C=O) groups excluding carboxylic acids is 2. The Bertz CT molecular complexity index is 903. The SMILES string of the molecule is CC(C)(C(=O)N1CCN(C(=O)Cc2ccccc2[N+](=O)[O-])CC1)c1ccccc1. The van der Waals surface area contributed by atoms with Crippen LogP contribution in [0.1, 0.15) is 25.0 Å². The van der Waals surface area contributed by atoms with Gasteiger partial charge in [0.05, 0.1) is 16.8 Å². The molecule has 0 N–H and O–H groups in total. The number of rotatable bonds is 5. The Morgan fingerprint density at radius 2 is 1.48 bits per heavy atom. The van der Waals surface area contributed by atoms with Crippen molar-refractivity contribution in [2.45, 2.75) is 25.7 Å². The molecular formula is C22H25N3O4. The van der Waals surface area contributed by atoms with Gasteiger partial charge in [-0.2, -0.15) is 0 Å². The first kappa shape index (κ1) is 20.5.